The fourth-order valence-electron chi connectivity index (χ4n) is 5.65. The number of halogens is 2. The summed E-state index contributed by atoms with van der Waals surface area (Å²) in [6.07, 6.45) is 4.13. The number of nitrogens with one attached hydrogen (secondary N) is 3. The molecule has 1 saturated heterocycles. The van der Waals surface area contributed by atoms with Gasteiger partial charge in [0.25, 0.3) is 0 Å². The molecule has 3 aromatic rings. The first-order valence-corrected chi connectivity index (χ1v) is 14.6. The van der Waals surface area contributed by atoms with Crippen molar-refractivity contribution in [3.05, 3.63) is 87.1 Å². The van der Waals surface area contributed by atoms with Gasteiger partial charge in [0.05, 0.1) is 11.7 Å². The van der Waals surface area contributed by atoms with Crippen LogP contribution in [0.2, 0.25) is 0 Å². The number of aliphatic hydroxyl groups excluding tert-OH is 1. The summed E-state index contributed by atoms with van der Waals surface area (Å²) < 4.78 is 34.8. The van der Waals surface area contributed by atoms with Crippen molar-refractivity contribution in [1.82, 2.24) is 9.55 Å². The molecule has 0 bridgehead atoms. The number of ether oxygens (including phenoxy) is 1. The van der Waals surface area contributed by atoms with Gasteiger partial charge in [-0.2, -0.15) is 25.8 Å². The third-order valence-electron chi connectivity index (χ3n) is 8.06. The third kappa shape index (κ3) is 6.94. The van der Waals surface area contributed by atoms with Crippen LogP contribution in [0.15, 0.2) is 53.5 Å². The Kier molecular flexibility index (Phi) is 11.1. The molecule has 0 spiro atoms. The minimum Gasteiger partial charge on any atom is -0.682 e. The molecule has 0 amide bonds. The topological polar surface area (TPSA) is 159 Å². The van der Waals surface area contributed by atoms with Gasteiger partial charge in [0.1, 0.15) is 11.9 Å². The summed E-state index contributed by atoms with van der Waals surface area (Å²) in [6.45, 7) is 2.25. The molecule has 5 N–H and O–H groups in total. The van der Waals surface area contributed by atoms with Crippen molar-refractivity contribution in [2.75, 3.05) is 18.4 Å². The minimum absolute atomic E-state index is 0. The number of benzene rings is 2. The number of hydrogen-bond acceptors (Lipinski definition) is 5. The SMILES string of the molecule is CC[C@H]1O[C@@H](n2ccc(NCC[N-]c3ccc4cccc5c4c3C(=[OH+])C=C5)nc2=O)C(F)(F)[C@H]1O.[NH-]C1CCCCC1[NH-].[Pt+2]. The van der Waals surface area contributed by atoms with Gasteiger partial charge in [0, 0.05) is 17.7 Å². The molecule has 238 valence electrons. The van der Waals surface area contributed by atoms with Crippen molar-refractivity contribution in [3.8, 4) is 0 Å². The van der Waals surface area contributed by atoms with Gasteiger partial charge in [-0.25, -0.2) is 4.79 Å². The third-order valence-corrected chi connectivity index (χ3v) is 8.06. The maximum absolute atomic E-state index is 14.4. The predicted octanol–water partition coefficient (Wildman–Crippen LogP) is 6.14. The van der Waals surface area contributed by atoms with Gasteiger partial charge in [-0.15, -0.1) is 12.2 Å². The van der Waals surface area contributed by atoms with Gasteiger partial charge in [0.2, 0.25) is 6.23 Å². The Balaban J connectivity index is 0.000000428. The summed E-state index contributed by atoms with van der Waals surface area (Å²) in [5.41, 5.74) is 16.0. The molecule has 1 aromatic heterocycles. The molecule has 2 aliphatic carbocycles. The summed E-state index contributed by atoms with van der Waals surface area (Å²) in [6, 6.07) is 10.9. The molecule has 0 radical (unpaired) electrons. The number of aromatic nitrogens is 2. The van der Waals surface area contributed by atoms with E-state index in [2.05, 4.69) is 15.6 Å². The van der Waals surface area contributed by atoms with Crippen molar-refractivity contribution in [1.29, 1.82) is 0 Å². The average molecular weight is 790 g/mol. The van der Waals surface area contributed by atoms with E-state index in [4.69, 9.17) is 16.2 Å². The van der Waals surface area contributed by atoms with Crippen molar-refractivity contribution >= 4 is 34.1 Å². The molecule has 1 aliphatic heterocycles. The first-order chi connectivity index (χ1) is 20.6. The van der Waals surface area contributed by atoms with Crippen molar-refractivity contribution in [2.45, 2.75) is 75.5 Å². The molecule has 13 heteroatoms. The minimum atomic E-state index is -3.61. The summed E-state index contributed by atoms with van der Waals surface area (Å²) >= 11 is 0. The molecular formula is C31H36F2N6O4Pt. The zero-order chi connectivity index (χ0) is 30.7. The number of carbonyl (C=O) groups excluding carboxylic acids is 1. The summed E-state index contributed by atoms with van der Waals surface area (Å²) in [7, 11) is 0. The second kappa shape index (κ2) is 14.4. The van der Waals surface area contributed by atoms with Crippen LogP contribution in [0.4, 0.5) is 20.3 Å². The van der Waals surface area contributed by atoms with Crippen LogP contribution in [0.5, 0.6) is 0 Å². The number of hydrogen-bond donors (Lipinski definition) is 2. The summed E-state index contributed by atoms with van der Waals surface area (Å²) in [4.78, 5) is 26.7. The number of allylic oxidation sites excluding steroid dienone is 1. The largest absolute Gasteiger partial charge is 2.00 e. The maximum Gasteiger partial charge on any atom is 2.00 e. The molecule has 5 atom stereocenters. The van der Waals surface area contributed by atoms with Crippen molar-refractivity contribution in [3.63, 3.8) is 0 Å². The molecule has 1 saturated carbocycles. The van der Waals surface area contributed by atoms with Crippen LogP contribution in [0, 0.1) is 0 Å². The van der Waals surface area contributed by atoms with Gasteiger partial charge in [-0.05, 0) is 36.1 Å². The molecule has 2 fully saturated rings. The molecule has 44 heavy (non-hydrogen) atoms. The quantitative estimate of drug-likeness (QED) is 0.217. The van der Waals surface area contributed by atoms with Crippen LogP contribution in [0.25, 0.3) is 33.6 Å². The number of rotatable bonds is 7. The molecular weight excluding hydrogens is 753 g/mol. The van der Waals surface area contributed by atoms with E-state index in [1.54, 1.807) is 13.0 Å². The normalized spacial score (nSPS) is 25.1. The Bertz CT molecular complexity index is 1560. The molecule has 2 heterocycles. The molecule has 10 nitrogen and oxygen atoms in total. The van der Waals surface area contributed by atoms with E-state index in [1.807, 2.05) is 36.4 Å². The summed E-state index contributed by atoms with van der Waals surface area (Å²) in [5, 5.41) is 19.3. The monoisotopic (exact) mass is 789 g/mol. The van der Waals surface area contributed by atoms with Crippen LogP contribution >= 0.6 is 0 Å². The maximum atomic E-state index is 14.4. The number of ketones is 1. The first kappa shape index (κ1) is 33.9. The molecule has 6 rings (SSSR count). The van der Waals surface area contributed by atoms with E-state index in [9.17, 15) is 23.5 Å². The predicted molar refractivity (Wildman–Crippen MR) is 164 cm³/mol. The van der Waals surface area contributed by atoms with E-state index >= 15 is 0 Å². The summed E-state index contributed by atoms with van der Waals surface area (Å²) in [5.74, 6) is -3.26. The van der Waals surface area contributed by atoms with E-state index in [-0.39, 0.29) is 51.2 Å². The fraction of sp³-hybridized carbons (Fsp3) is 0.452. The van der Waals surface area contributed by atoms with Crippen molar-refractivity contribution in [2.24, 2.45) is 0 Å². The zero-order valence-electron chi connectivity index (χ0n) is 24.2. The number of alkyl halides is 2. The average Bonchev–Trinajstić information content (AvgIpc) is 3.23. The van der Waals surface area contributed by atoms with Crippen molar-refractivity contribution < 1.29 is 44.5 Å². The Morgan fingerprint density at radius 3 is 2.52 bits per heavy atom. The standard InChI is InChI=1S/C25H24F2N4O4.C6H12N2.Pt/c1-2-18-22(33)25(26,27)23(35-18)31-13-10-19(30-24(31)34)29-12-11-28-16-8-6-14-4-3-5-15-7-9-17(32)21(16)20(14)15;7-5-3-1-2-4-6(5)8;/h3-10,13,18,22-23,33H,2,11-12H2,1H3,(H2,28,29,30,32,34);5-8H,1-4H2;/q;-2;+2/t18-,22+,23-;;/m1../s1. The van der Waals surface area contributed by atoms with Gasteiger partial charge >= 0.3 is 38.5 Å². The van der Waals surface area contributed by atoms with Gasteiger partial charge in [-0.1, -0.05) is 62.9 Å². The smallest absolute Gasteiger partial charge is 0.682 e. The second-order valence-corrected chi connectivity index (χ2v) is 11.0. The molecule has 3 aliphatic rings. The fourth-order valence-corrected chi connectivity index (χ4v) is 5.65. The first-order valence-electron chi connectivity index (χ1n) is 14.6. The Morgan fingerprint density at radius 1 is 1.16 bits per heavy atom. The van der Waals surface area contributed by atoms with Gasteiger partial charge in [-0.3, -0.25) is 9.36 Å². The van der Waals surface area contributed by atoms with Crippen LogP contribution in [-0.2, 0) is 25.8 Å². The molecule has 2 aromatic carbocycles. The Morgan fingerprint density at radius 2 is 1.89 bits per heavy atom. The number of nitrogens with zero attached hydrogens (tertiary/aromatic N) is 3. The Hall–Kier alpha value is -3.02. The Labute approximate surface area is 268 Å². The molecule has 2 unspecified atom stereocenters. The van der Waals surface area contributed by atoms with Gasteiger partial charge in [0.15, 0.2) is 0 Å². The number of anilines is 1. The van der Waals surface area contributed by atoms with Crippen LogP contribution in [0.3, 0.4) is 0 Å². The van der Waals surface area contributed by atoms with E-state index in [0.29, 0.717) is 28.9 Å². The van der Waals surface area contributed by atoms with E-state index in [1.165, 1.54) is 25.1 Å². The van der Waals surface area contributed by atoms with Crippen LogP contribution in [-0.4, -0.2) is 68.5 Å². The van der Waals surface area contributed by atoms with Crippen LogP contribution < -0.4 is 11.0 Å². The van der Waals surface area contributed by atoms with Crippen LogP contribution in [0.1, 0.15) is 56.4 Å². The second-order valence-electron chi connectivity index (χ2n) is 11.0. The van der Waals surface area contributed by atoms with E-state index < -0.39 is 30.0 Å². The van der Waals surface area contributed by atoms with Gasteiger partial charge < -0.3 is 31.9 Å². The zero-order valence-corrected chi connectivity index (χ0v) is 26.4. The van der Waals surface area contributed by atoms with E-state index in [0.717, 1.165) is 29.2 Å². The number of aliphatic hydroxyl groups is 1.